The van der Waals surface area contributed by atoms with E-state index in [9.17, 15) is 12.8 Å². The van der Waals surface area contributed by atoms with E-state index in [-0.39, 0.29) is 16.3 Å². The number of sulfonamides is 1. The van der Waals surface area contributed by atoms with Gasteiger partial charge in [-0.25, -0.2) is 23.6 Å². The van der Waals surface area contributed by atoms with Crippen molar-refractivity contribution in [2.24, 2.45) is 5.84 Å². The Morgan fingerprint density at radius 3 is 2.57 bits per heavy atom. The molecule has 0 fully saturated rings. The van der Waals surface area contributed by atoms with Crippen molar-refractivity contribution in [2.75, 3.05) is 17.3 Å². The van der Waals surface area contributed by atoms with Crippen LogP contribution in [0.2, 0.25) is 0 Å². The summed E-state index contributed by atoms with van der Waals surface area (Å²) in [4.78, 5) is 3.73. The minimum absolute atomic E-state index is 0.0259. The number of pyridine rings is 1. The van der Waals surface area contributed by atoms with Crippen molar-refractivity contribution < 1.29 is 17.5 Å². The van der Waals surface area contributed by atoms with Crippen molar-refractivity contribution in [1.82, 2.24) is 4.98 Å². The summed E-state index contributed by atoms with van der Waals surface area (Å²) in [5.74, 6) is 4.83. The average molecular weight is 312 g/mol. The van der Waals surface area contributed by atoms with E-state index in [2.05, 4.69) is 15.1 Å². The number of hydrogen-bond acceptors (Lipinski definition) is 6. The number of ether oxygens (including phenoxy) is 1. The number of nitrogens with one attached hydrogen (secondary N) is 2. The second-order valence-electron chi connectivity index (χ2n) is 3.98. The highest BCUT2D eigenvalue weighted by molar-refractivity contribution is 7.92. The number of nitrogens with zero attached hydrogens (tertiary/aromatic N) is 1. The number of nitrogen functional groups attached to an aromatic ring is 1. The molecule has 0 aliphatic carbocycles. The number of anilines is 2. The van der Waals surface area contributed by atoms with Gasteiger partial charge >= 0.3 is 0 Å². The molecule has 0 saturated heterocycles. The first-order valence-corrected chi connectivity index (χ1v) is 7.23. The Morgan fingerprint density at radius 2 is 2.05 bits per heavy atom. The van der Waals surface area contributed by atoms with Crippen LogP contribution in [0.15, 0.2) is 41.4 Å². The highest BCUT2D eigenvalue weighted by atomic mass is 32.2. The van der Waals surface area contributed by atoms with E-state index in [1.54, 1.807) is 0 Å². The molecule has 2 rings (SSSR count). The third-order valence-corrected chi connectivity index (χ3v) is 3.97. The Balaban J connectivity index is 2.26. The first-order valence-electron chi connectivity index (χ1n) is 5.75. The first-order chi connectivity index (χ1) is 9.96. The van der Waals surface area contributed by atoms with Crippen molar-refractivity contribution in [1.29, 1.82) is 0 Å². The SMILES string of the molecule is COc1ccc(NS(=O)(=O)c2ccc(NN)nc2)cc1F. The Bertz CT molecular complexity index is 735. The van der Waals surface area contributed by atoms with Gasteiger partial charge in [0, 0.05) is 12.3 Å². The second kappa shape index (κ2) is 5.94. The fourth-order valence-corrected chi connectivity index (χ4v) is 2.56. The van der Waals surface area contributed by atoms with Crippen LogP contribution in [0.4, 0.5) is 15.9 Å². The molecule has 0 saturated carbocycles. The molecule has 0 spiro atoms. The number of rotatable bonds is 5. The number of methoxy groups -OCH3 is 1. The molecule has 0 atom stereocenters. The molecule has 112 valence electrons. The summed E-state index contributed by atoms with van der Waals surface area (Å²) >= 11 is 0. The molecule has 1 aromatic heterocycles. The van der Waals surface area contributed by atoms with Crippen molar-refractivity contribution in [3.05, 3.63) is 42.3 Å². The predicted molar refractivity (Wildman–Crippen MR) is 75.8 cm³/mol. The van der Waals surface area contributed by atoms with Gasteiger partial charge in [0.1, 0.15) is 10.7 Å². The summed E-state index contributed by atoms with van der Waals surface area (Å²) in [5, 5.41) is 0. The number of halogens is 1. The second-order valence-corrected chi connectivity index (χ2v) is 5.66. The molecule has 0 aliphatic heterocycles. The molecule has 9 heteroatoms. The van der Waals surface area contributed by atoms with Gasteiger partial charge in [-0.3, -0.25) is 4.72 Å². The van der Waals surface area contributed by atoms with Crippen LogP contribution >= 0.6 is 0 Å². The maximum absolute atomic E-state index is 13.5. The Labute approximate surface area is 121 Å². The van der Waals surface area contributed by atoms with Crippen LogP contribution in [0.25, 0.3) is 0 Å². The van der Waals surface area contributed by atoms with Gasteiger partial charge in [-0.15, -0.1) is 0 Å². The van der Waals surface area contributed by atoms with E-state index in [1.165, 1.54) is 31.4 Å². The van der Waals surface area contributed by atoms with Crippen LogP contribution in [-0.2, 0) is 10.0 Å². The van der Waals surface area contributed by atoms with E-state index in [4.69, 9.17) is 10.6 Å². The van der Waals surface area contributed by atoms with Crippen LogP contribution in [0, 0.1) is 5.82 Å². The molecule has 1 heterocycles. The van der Waals surface area contributed by atoms with Gasteiger partial charge < -0.3 is 10.2 Å². The average Bonchev–Trinajstić information content (AvgIpc) is 2.47. The summed E-state index contributed by atoms with van der Waals surface area (Å²) in [7, 11) is -2.54. The van der Waals surface area contributed by atoms with Crippen molar-refractivity contribution >= 4 is 21.5 Å². The zero-order valence-corrected chi connectivity index (χ0v) is 11.8. The van der Waals surface area contributed by atoms with Gasteiger partial charge in [0.15, 0.2) is 11.6 Å². The van der Waals surface area contributed by atoms with Crippen LogP contribution < -0.4 is 20.7 Å². The third-order valence-electron chi connectivity index (χ3n) is 2.60. The van der Waals surface area contributed by atoms with E-state index in [1.807, 2.05) is 0 Å². The van der Waals surface area contributed by atoms with Crippen molar-refractivity contribution in [3.63, 3.8) is 0 Å². The lowest BCUT2D eigenvalue weighted by atomic mass is 10.3. The first kappa shape index (κ1) is 15.0. The third kappa shape index (κ3) is 3.38. The molecule has 0 amide bonds. The number of hydrazine groups is 1. The smallest absolute Gasteiger partial charge is 0.263 e. The summed E-state index contributed by atoms with van der Waals surface area (Å²) in [6, 6.07) is 6.47. The van der Waals surface area contributed by atoms with E-state index in [0.29, 0.717) is 5.82 Å². The summed E-state index contributed by atoms with van der Waals surface area (Å²) in [6.07, 6.45) is 1.14. The van der Waals surface area contributed by atoms with Gasteiger partial charge in [-0.2, -0.15) is 0 Å². The molecular weight excluding hydrogens is 299 g/mol. The van der Waals surface area contributed by atoms with E-state index in [0.717, 1.165) is 12.3 Å². The Morgan fingerprint density at radius 1 is 1.29 bits per heavy atom. The fraction of sp³-hybridized carbons (Fsp3) is 0.0833. The number of hydrogen-bond donors (Lipinski definition) is 3. The molecule has 21 heavy (non-hydrogen) atoms. The maximum atomic E-state index is 13.5. The van der Waals surface area contributed by atoms with Crippen LogP contribution in [0.3, 0.4) is 0 Å². The number of benzene rings is 1. The number of nitrogens with two attached hydrogens (primary N) is 1. The molecule has 0 aliphatic rings. The molecule has 0 radical (unpaired) electrons. The van der Waals surface area contributed by atoms with E-state index < -0.39 is 15.8 Å². The topological polar surface area (TPSA) is 106 Å². The van der Waals surface area contributed by atoms with Gasteiger partial charge in [-0.1, -0.05) is 0 Å². The normalized spacial score (nSPS) is 11.0. The van der Waals surface area contributed by atoms with Crippen LogP contribution in [-0.4, -0.2) is 20.5 Å². The van der Waals surface area contributed by atoms with Crippen LogP contribution in [0.5, 0.6) is 5.75 Å². The lowest BCUT2D eigenvalue weighted by molar-refractivity contribution is 0.386. The highest BCUT2D eigenvalue weighted by Crippen LogP contribution is 2.23. The van der Waals surface area contributed by atoms with Crippen molar-refractivity contribution in [2.45, 2.75) is 4.90 Å². The highest BCUT2D eigenvalue weighted by Gasteiger charge is 2.15. The predicted octanol–water partition coefficient (Wildman–Crippen LogP) is 1.32. The summed E-state index contributed by atoms with van der Waals surface area (Å²) in [5.41, 5.74) is 2.36. The summed E-state index contributed by atoms with van der Waals surface area (Å²) in [6.45, 7) is 0. The van der Waals surface area contributed by atoms with Crippen LogP contribution in [0.1, 0.15) is 0 Å². The van der Waals surface area contributed by atoms with Gasteiger partial charge in [-0.05, 0) is 24.3 Å². The van der Waals surface area contributed by atoms with Gasteiger partial charge in [0.05, 0.1) is 12.8 Å². The molecule has 2 aromatic rings. The fourth-order valence-electron chi connectivity index (χ4n) is 1.57. The standard InChI is InChI=1S/C12H13FN4O3S/c1-20-11-4-2-8(6-10(11)13)17-21(18,19)9-3-5-12(16-14)15-7-9/h2-7,17H,14H2,1H3,(H,15,16). The monoisotopic (exact) mass is 312 g/mol. The quantitative estimate of drug-likeness (QED) is 0.568. The zero-order valence-electron chi connectivity index (χ0n) is 11.0. The van der Waals surface area contributed by atoms with Gasteiger partial charge in [0.2, 0.25) is 0 Å². The number of aromatic nitrogens is 1. The molecule has 1 aromatic carbocycles. The maximum Gasteiger partial charge on any atom is 0.263 e. The van der Waals surface area contributed by atoms with Crippen molar-refractivity contribution in [3.8, 4) is 5.75 Å². The summed E-state index contributed by atoms with van der Waals surface area (Å²) < 4.78 is 44.8. The molecule has 7 nitrogen and oxygen atoms in total. The minimum atomic E-state index is -3.86. The Kier molecular flexibility index (Phi) is 4.24. The van der Waals surface area contributed by atoms with E-state index >= 15 is 0 Å². The largest absolute Gasteiger partial charge is 0.494 e. The molecular formula is C12H13FN4O3S. The van der Waals surface area contributed by atoms with Gasteiger partial charge in [0.25, 0.3) is 10.0 Å². The molecule has 0 unspecified atom stereocenters. The minimum Gasteiger partial charge on any atom is -0.494 e. The Hall–Kier alpha value is -2.39. The molecule has 0 bridgehead atoms. The zero-order chi connectivity index (χ0) is 15.5. The lowest BCUT2D eigenvalue weighted by Gasteiger charge is -2.09. The lowest BCUT2D eigenvalue weighted by Crippen LogP contribution is -2.14. The molecule has 4 N–H and O–H groups in total.